The molecule has 0 saturated heterocycles. The van der Waals surface area contributed by atoms with Crippen molar-refractivity contribution in [3.05, 3.63) is 60.2 Å². The Morgan fingerprint density at radius 3 is 2.15 bits per heavy atom. The molecule has 1 aliphatic rings. The number of nitrogens with zero attached hydrogens (tertiary/aromatic N) is 2. The Morgan fingerprint density at radius 2 is 1.52 bits per heavy atom. The van der Waals surface area contributed by atoms with Gasteiger partial charge >= 0.3 is 6.09 Å². The van der Waals surface area contributed by atoms with Crippen molar-refractivity contribution >= 4 is 17.7 Å². The summed E-state index contributed by atoms with van der Waals surface area (Å²) in [6, 6.07) is 16.4. The molecule has 27 heavy (non-hydrogen) atoms. The topological polar surface area (TPSA) is 49.9 Å². The normalized spacial score (nSPS) is 14.4. The summed E-state index contributed by atoms with van der Waals surface area (Å²) < 4.78 is 5.40. The van der Waals surface area contributed by atoms with Gasteiger partial charge in [0.25, 0.3) is 5.91 Å². The Bertz CT molecular complexity index is 768. The molecule has 2 aromatic carbocycles. The van der Waals surface area contributed by atoms with Crippen LogP contribution in [0.1, 0.15) is 42.5 Å². The minimum absolute atomic E-state index is 0.0150. The second kappa shape index (κ2) is 8.71. The summed E-state index contributed by atoms with van der Waals surface area (Å²) in [6.07, 6.45) is 5.31. The zero-order chi connectivity index (χ0) is 19.2. The minimum atomic E-state index is -0.473. The van der Waals surface area contributed by atoms with E-state index in [4.69, 9.17) is 4.74 Å². The first kappa shape index (κ1) is 19.0. The van der Waals surface area contributed by atoms with E-state index in [2.05, 4.69) is 0 Å². The van der Waals surface area contributed by atoms with Crippen molar-refractivity contribution < 1.29 is 14.3 Å². The first-order chi connectivity index (χ1) is 13.1. The molecule has 5 nitrogen and oxygen atoms in total. The van der Waals surface area contributed by atoms with E-state index in [1.807, 2.05) is 42.3 Å². The lowest BCUT2D eigenvalue weighted by Crippen LogP contribution is -2.38. The maximum atomic E-state index is 12.7. The summed E-state index contributed by atoms with van der Waals surface area (Å²) in [5.74, 6) is 0.431. The monoisotopic (exact) mass is 366 g/mol. The summed E-state index contributed by atoms with van der Waals surface area (Å²) in [6.45, 7) is 0. The van der Waals surface area contributed by atoms with Crippen molar-refractivity contribution in [2.24, 2.45) is 0 Å². The van der Waals surface area contributed by atoms with Crippen molar-refractivity contribution in [3.8, 4) is 5.75 Å². The number of benzene rings is 2. The fraction of sp³-hybridized carbons (Fsp3) is 0.364. The van der Waals surface area contributed by atoms with Gasteiger partial charge < -0.3 is 9.64 Å². The number of anilines is 1. The highest BCUT2D eigenvalue weighted by Gasteiger charge is 2.23. The molecule has 3 rings (SSSR count). The van der Waals surface area contributed by atoms with Gasteiger partial charge in [-0.05, 0) is 49.2 Å². The van der Waals surface area contributed by atoms with E-state index in [1.165, 1.54) is 24.2 Å². The van der Waals surface area contributed by atoms with Crippen LogP contribution in [0.5, 0.6) is 5.75 Å². The summed E-state index contributed by atoms with van der Waals surface area (Å²) in [7, 11) is 3.54. The first-order valence-electron chi connectivity index (χ1n) is 9.44. The van der Waals surface area contributed by atoms with E-state index in [0.717, 1.165) is 18.5 Å². The van der Waals surface area contributed by atoms with Crippen molar-refractivity contribution in [1.82, 2.24) is 4.90 Å². The molecule has 0 atom stereocenters. The Kier molecular flexibility index (Phi) is 6.12. The molecule has 0 unspecified atom stereocenters. The van der Waals surface area contributed by atoms with E-state index in [1.54, 1.807) is 31.3 Å². The van der Waals surface area contributed by atoms with Crippen LogP contribution in [0.3, 0.4) is 0 Å². The number of carbonyl (C=O) groups is 2. The zero-order valence-electron chi connectivity index (χ0n) is 15.9. The number of amides is 2. The van der Waals surface area contributed by atoms with Crippen LogP contribution in [-0.2, 0) is 0 Å². The van der Waals surface area contributed by atoms with Gasteiger partial charge in [-0.1, -0.05) is 37.5 Å². The predicted molar refractivity (Wildman–Crippen MR) is 106 cm³/mol. The summed E-state index contributed by atoms with van der Waals surface area (Å²) >= 11 is 0. The lowest BCUT2D eigenvalue weighted by atomic mass is 9.94. The third kappa shape index (κ3) is 4.67. The Balaban J connectivity index is 1.61. The fourth-order valence-corrected chi connectivity index (χ4v) is 3.43. The molecule has 2 amide bonds. The van der Waals surface area contributed by atoms with E-state index >= 15 is 0 Å². The molecule has 0 N–H and O–H groups in total. The average molecular weight is 366 g/mol. The largest absolute Gasteiger partial charge is 0.419 e. The van der Waals surface area contributed by atoms with Crippen LogP contribution in [-0.4, -0.2) is 37.0 Å². The van der Waals surface area contributed by atoms with Gasteiger partial charge in [-0.2, -0.15) is 0 Å². The lowest BCUT2D eigenvalue weighted by Gasteiger charge is -2.31. The number of para-hydroxylation sites is 1. The van der Waals surface area contributed by atoms with Gasteiger partial charge in [0.05, 0.1) is 0 Å². The summed E-state index contributed by atoms with van der Waals surface area (Å²) in [5.41, 5.74) is 1.36. The van der Waals surface area contributed by atoms with Gasteiger partial charge in [0.15, 0.2) is 0 Å². The van der Waals surface area contributed by atoms with Crippen molar-refractivity contribution in [3.63, 3.8) is 0 Å². The Labute approximate surface area is 160 Å². The molecular formula is C22H26N2O3. The quantitative estimate of drug-likeness (QED) is 0.786. The molecule has 2 aromatic rings. The third-order valence-corrected chi connectivity index (χ3v) is 5.17. The highest BCUT2D eigenvalue weighted by molar-refractivity contribution is 5.94. The molecular weight excluding hydrogens is 340 g/mol. The molecule has 0 bridgehead atoms. The summed E-state index contributed by atoms with van der Waals surface area (Å²) in [5, 5.41) is 0. The molecule has 0 aliphatic heterocycles. The first-order valence-corrected chi connectivity index (χ1v) is 9.44. The van der Waals surface area contributed by atoms with Gasteiger partial charge in [-0.3, -0.25) is 9.69 Å². The highest BCUT2D eigenvalue weighted by Crippen LogP contribution is 2.23. The van der Waals surface area contributed by atoms with Gasteiger partial charge in [-0.15, -0.1) is 0 Å². The predicted octanol–water partition coefficient (Wildman–Crippen LogP) is 4.73. The average Bonchev–Trinajstić information content (AvgIpc) is 2.74. The van der Waals surface area contributed by atoms with Gasteiger partial charge in [0.1, 0.15) is 5.75 Å². The molecule has 1 fully saturated rings. The van der Waals surface area contributed by atoms with Gasteiger partial charge in [-0.25, -0.2) is 4.79 Å². The summed E-state index contributed by atoms with van der Waals surface area (Å²) in [4.78, 5) is 28.2. The van der Waals surface area contributed by atoms with Crippen LogP contribution < -0.4 is 9.64 Å². The number of hydrogen-bond acceptors (Lipinski definition) is 3. The zero-order valence-corrected chi connectivity index (χ0v) is 15.9. The standard InChI is InChI=1S/C22H26N2O3/c1-23(18-9-5-3-6-10-18)21(25)17-13-15-20(16-14-17)27-22(26)24(2)19-11-7-4-8-12-19/h4,7-8,11-16,18H,3,5-6,9-10H2,1-2H3. The van der Waals surface area contributed by atoms with E-state index in [-0.39, 0.29) is 5.91 Å². The number of ether oxygens (including phenoxy) is 1. The molecule has 0 spiro atoms. The van der Waals surface area contributed by atoms with Crippen LogP contribution >= 0.6 is 0 Å². The smallest absolute Gasteiger partial charge is 0.410 e. The Morgan fingerprint density at radius 1 is 0.889 bits per heavy atom. The fourth-order valence-electron chi connectivity index (χ4n) is 3.43. The van der Waals surface area contributed by atoms with E-state index < -0.39 is 6.09 Å². The number of rotatable bonds is 4. The van der Waals surface area contributed by atoms with Crippen LogP contribution in [0.2, 0.25) is 0 Å². The maximum absolute atomic E-state index is 12.7. The van der Waals surface area contributed by atoms with Crippen LogP contribution in [0.4, 0.5) is 10.5 Å². The number of hydrogen-bond donors (Lipinski definition) is 0. The molecule has 0 aromatic heterocycles. The molecule has 5 heteroatoms. The van der Waals surface area contributed by atoms with Crippen molar-refractivity contribution in [2.75, 3.05) is 19.0 Å². The van der Waals surface area contributed by atoms with E-state index in [9.17, 15) is 9.59 Å². The lowest BCUT2D eigenvalue weighted by molar-refractivity contribution is 0.0696. The minimum Gasteiger partial charge on any atom is -0.410 e. The van der Waals surface area contributed by atoms with Crippen LogP contribution in [0.25, 0.3) is 0 Å². The third-order valence-electron chi connectivity index (χ3n) is 5.17. The van der Waals surface area contributed by atoms with Gasteiger partial charge in [0.2, 0.25) is 0 Å². The molecule has 0 radical (unpaired) electrons. The molecule has 1 aliphatic carbocycles. The van der Waals surface area contributed by atoms with Crippen LogP contribution in [0, 0.1) is 0 Å². The maximum Gasteiger partial charge on any atom is 0.419 e. The van der Waals surface area contributed by atoms with Crippen molar-refractivity contribution in [1.29, 1.82) is 0 Å². The molecule has 0 heterocycles. The van der Waals surface area contributed by atoms with Crippen molar-refractivity contribution in [2.45, 2.75) is 38.1 Å². The van der Waals surface area contributed by atoms with E-state index in [0.29, 0.717) is 17.4 Å². The molecule has 1 saturated carbocycles. The van der Waals surface area contributed by atoms with Gasteiger partial charge in [0, 0.05) is 31.4 Å². The molecule has 142 valence electrons. The van der Waals surface area contributed by atoms with Crippen LogP contribution in [0.15, 0.2) is 54.6 Å². The Hall–Kier alpha value is -2.82. The number of carbonyl (C=O) groups excluding carboxylic acids is 2. The SMILES string of the molecule is CN(C(=O)Oc1ccc(C(=O)N(C)C2CCCCC2)cc1)c1ccccc1. The second-order valence-corrected chi connectivity index (χ2v) is 6.99. The second-order valence-electron chi connectivity index (χ2n) is 6.99. The highest BCUT2D eigenvalue weighted by atomic mass is 16.6.